The van der Waals surface area contributed by atoms with Crippen molar-refractivity contribution in [1.82, 2.24) is 5.32 Å². The molecule has 2 saturated carbocycles. The van der Waals surface area contributed by atoms with Crippen LogP contribution in [0.25, 0.3) is 0 Å². The van der Waals surface area contributed by atoms with Crippen LogP contribution >= 0.6 is 0 Å². The highest BCUT2D eigenvalue weighted by Crippen LogP contribution is 2.38. The van der Waals surface area contributed by atoms with Crippen molar-refractivity contribution in [2.75, 3.05) is 13.2 Å². The average Bonchev–Trinajstić information content (AvgIpc) is 3.31. The summed E-state index contributed by atoms with van der Waals surface area (Å²) in [6.07, 6.45) is 7.36. The molecule has 104 valence electrons. The van der Waals surface area contributed by atoms with Crippen molar-refractivity contribution in [3.8, 4) is 0 Å². The molecule has 0 spiro atoms. The summed E-state index contributed by atoms with van der Waals surface area (Å²) in [7, 11) is 0. The van der Waals surface area contributed by atoms with Crippen LogP contribution in [-0.4, -0.2) is 23.8 Å². The average molecular weight is 259 g/mol. The fraction of sp³-hybridized carbons (Fsp3) is 0.647. The number of aliphatic hydroxyl groups excluding tert-OH is 1. The molecule has 0 aromatic heterocycles. The van der Waals surface area contributed by atoms with Gasteiger partial charge in [0.2, 0.25) is 0 Å². The molecular formula is C17H25NO. The first-order valence-corrected chi connectivity index (χ1v) is 7.72. The molecule has 19 heavy (non-hydrogen) atoms. The van der Waals surface area contributed by atoms with Gasteiger partial charge < -0.3 is 10.4 Å². The molecule has 2 nitrogen and oxygen atoms in total. The summed E-state index contributed by atoms with van der Waals surface area (Å²) in [5.41, 5.74) is 1.48. The molecule has 2 heteroatoms. The van der Waals surface area contributed by atoms with Gasteiger partial charge in [-0.05, 0) is 62.5 Å². The predicted molar refractivity (Wildman–Crippen MR) is 78.2 cm³/mol. The van der Waals surface area contributed by atoms with Gasteiger partial charge in [0.05, 0.1) is 6.61 Å². The third-order valence-electron chi connectivity index (χ3n) is 4.98. The zero-order chi connectivity index (χ0) is 13.1. The van der Waals surface area contributed by atoms with Gasteiger partial charge in [0, 0.05) is 5.54 Å². The molecule has 0 aliphatic heterocycles. The highest BCUT2D eigenvalue weighted by atomic mass is 16.3. The van der Waals surface area contributed by atoms with E-state index in [0.717, 1.165) is 25.3 Å². The summed E-state index contributed by atoms with van der Waals surface area (Å²) in [5, 5.41) is 13.4. The van der Waals surface area contributed by atoms with Gasteiger partial charge >= 0.3 is 0 Å². The van der Waals surface area contributed by atoms with Crippen molar-refractivity contribution in [2.45, 2.75) is 50.0 Å². The van der Waals surface area contributed by atoms with Gasteiger partial charge in [0.1, 0.15) is 0 Å². The lowest BCUT2D eigenvalue weighted by Crippen LogP contribution is -2.51. The fourth-order valence-corrected chi connectivity index (χ4v) is 3.30. The second kappa shape index (κ2) is 5.64. The number of nitrogens with one attached hydrogen (secondary N) is 1. The van der Waals surface area contributed by atoms with E-state index in [-0.39, 0.29) is 5.54 Å². The first kappa shape index (κ1) is 13.1. The number of hydrogen-bond donors (Lipinski definition) is 2. The summed E-state index contributed by atoms with van der Waals surface area (Å²) < 4.78 is 0. The first-order valence-electron chi connectivity index (χ1n) is 7.72. The van der Waals surface area contributed by atoms with Gasteiger partial charge in [0.25, 0.3) is 0 Å². The van der Waals surface area contributed by atoms with Crippen LogP contribution < -0.4 is 5.32 Å². The number of benzene rings is 1. The molecule has 0 saturated heterocycles. The smallest absolute Gasteiger partial charge is 0.0613 e. The van der Waals surface area contributed by atoms with Crippen LogP contribution in [0.2, 0.25) is 0 Å². The maximum absolute atomic E-state index is 9.77. The van der Waals surface area contributed by atoms with E-state index in [1.54, 1.807) is 0 Å². The van der Waals surface area contributed by atoms with E-state index >= 15 is 0 Å². The maximum Gasteiger partial charge on any atom is 0.0613 e. The normalized spacial score (nSPS) is 31.3. The summed E-state index contributed by atoms with van der Waals surface area (Å²) >= 11 is 0. The zero-order valence-corrected chi connectivity index (χ0v) is 11.6. The van der Waals surface area contributed by atoms with E-state index in [4.69, 9.17) is 0 Å². The van der Waals surface area contributed by atoms with Gasteiger partial charge in [-0.15, -0.1) is 0 Å². The fourth-order valence-electron chi connectivity index (χ4n) is 3.30. The molecule has 3 rings (SSSR count). The van der Waals surface area contributed by atoms with Crippen molar-refractivity contribution in [1.29, 1.82) is 0 Å². The third-order valence-corrected chi connectivity index (χ3v) is 4.98. The number of aliphatic hydroxyl groups is 1. The van der Waals surface area contributed by atoms with Crippen LogP contribution in [0.4, 0.5) is 0 Å². The molecule has 0 atom stereocenters. The van der Waals surface area contributed by atoms with Gasteiger partial charge in [-0.2, -0.15) is 0 Å². The maximum atomic E-state index is 9.77. The van der Waals surface area contributed by atoms with E-state index in [9.17, 15) is 5.11 Å². The Morgan fingerprint density at radius 3 is 2.32 bits per heavy atom. The predicted octanol–water partition coefficient (Wildman–Crippen LogP) is 3.07. The molecule has 2 fully saturated rings. The summed E-state index contributed by atoms with van der Waals surface area (Å²) in [6.45, 7) is 1.40. The van der Waals surface area contributed by atoms with E-state index < -0.39 is 0 Å². The SMILES string of the molecule is OCC1(NCC2CC2)CCC(c2ccccc2)CC1. The molecule has 2 aliphatic rings. The quantitative estimate of drug-likeness (QED) is 0.851. The highest BCUT2D eigenvalue weighted by Gasteiger charge is 2.36. The van der Waals surface area contributed by atoms with Crippen LogP contribution in [0, 0.1) is 5.92 Å². The van der Waals surface area contributed by atoms with Crippen LogP contribution in [0.1, 0.15) is 50.0 Å². The van der Waals surface area contributed by atoms with Gasteiger partial charge in [-0.3, -0.25) is 0 Å². The molecule has 0 radical (unpaired) electrons. The minimum Gasteiger partial charge on any atom is -0.394 e. The first-order chi connectivity index (χ1) is 9.31. The van der Waals surface area contributed by atoms with Crippen LogP contribution in [-0.2, 0) is 0 Å². The second-order valence-corrected chi connectivity index (χ2v) is 6.45. The molecular weight excluding hydrogens is 234 g/mol. The zero-order valence-electron chi connectivity index (χ0n) is 11.6. The van der Waals surface area contributed by atoms with Crippen LogP contribution in [0.3, 0.4) is 0 Å². The molecule has 0 bridgehead atoms. The number of rotatable bonds is 5. The van der Waals surface area contributed by atoms with Crippen molar-refractivity contribution in [3.05, 3.63) is 35.9 Å². The van der Waals surface area contributed by atoms with E-state index in [1.165, 1.54) is 31.2 Å². The highest BCUT2D eigenvalue weighted by molar-refractivity contribution is 5.20. The van der Waals surface area contributed by atoms with Crippen LogP contribution in [0.5, 0.6) is 0 Å². The van der Waals surface area contributed by atoms with Gasteiger partial charge in [-0.25, -0.2) is 0 Å². The Morgan fingerprint density at radius 2 is 1.74 bits per heavy atom. The minimum atomic E-state index is 0.00781. The Morgan fingerprint density at radius 1 is 1.05 bits per heavy atom. The summed E-state index contributed by atoms with van der Waals surface area (Å²) in [5.74, 6) is 1.57. The summed E-state index contributed by atoms with van der Waals surface area (Å²) in [4.78, 5) is 0. The van der Waals surface area contributed by atoms with Crippen molar-refractivity contribution < 1.29 is 5.11 Å². The van der Waals surface area contributed by atoms with Crippen molar-refractivity contribution in [3.63, 3.8) is 0 Å². The standard InChI is InChI=1S/C17H25NO/c19-13-17(18-12-14-6-7-14)10-8-16(9-11-17)15-4-2-1-3-5-15/h1-5,14,16,18-19H,6-13H2. The van der Waals surface area contributed by atoms with E-state index in [0.29, 0.717) is 12.5 Å². The van der Waals surface area contributed by atoms with Gasteiger partial charge in [0.15, 0.2) is 0 Å². The topological polar surface area (TPSA) is 32.3 Å². The summed E-state index contributed by atoms with van der Waals surface area (Å²) in [6, 6.07) is 10.8. The largest absolute Gasteiger partial charge is 0.394 e. The Labute approximate surface area is 116 Å². The Balaban J connectivity index is 1.57. The Hall–Kier alpha value is -0.860. The molecule has 1 aromatic rings. The Kier molecular flexibility index (Phi) is 3.90. The molecule has 2 N–H and O–H groups in total. The molecule has 1 aromatic carbocycles. The lowest BCUT2D eigenvalue weighted by molar-refractivity contribution is 0.113. The minimum absolute atomic E-state index is 0.00781. The van der Waals surface area contributed by atoms with E-state index in [2.05, 4.69) is 35.6 Å². The van der Waals surface area contributed by atoms with E-state index in [1.807, 2.05) is 0 Å². The lowest BCUT2D eigenvalue weighted by Gasteiger charge is -2.40. The molecule has 0 heterocycles. The van der Waals surface area contributed by atoms with Crippen molar-refractivity contribution in [2.24, 2.45) is 5.92 Å². The number of hydrogen-bond acceptors (Lipinski definition) is 2. The second-order valence-electron chi connectivity index (χ2n) is 6.45. The lowest BCUT2D eigenvalue weighted by atomic mass is 9.74. The Bertz CT molecular complexity index is 391. The molecule has 0 unspecified atom stereocenters. The monoisotopic (exact) mass is 259 g/mol. The third kappa shape index (κ3) is 3.18. The molecule has 2 aliphatic carbocycles. The van der Waals surface area contributed by atoms with Crippen molar-refractivity contribution >= 4 is 0 Å². The molecule has 0 amide bonds. The van der Waals surface area contributed by atoms with Crippen LogP contribution in [0.15, 0.2) is 30.3 Å². The van der Waals surface area contributed by atoms with Gasteiger partial charge in [-0.1, -0.05) is 30.3 Å².